The van der Waals surface area contributed by atoms with Crippen LogP contribution < -0.4 is 25.2 Å². The van der Waals surface area contributed by atoms with Gasteiger partial charge in [-0.3, -0.25) is 4.79 Å². The normalized spacial score (nSPS) is 11.8. The summed E-state index contributed by atoms with van der Waals surface area (Å²) in [4.78, 5) is 33.0. The highest BCUT2D eigenvalue weighted by Crippen LogP contribution is 2.43. The number of nitrogens with one attached hydrogen (secondary N) is 2. The second-order valence-corrected chi connectivity index (χ2v) is 8.04. The minimum absolute atomic E-state index is 0.0355. The van der Waals surface area contributed by atoms with Crippen molar-refractivity contribution in [1.82, 2.24) is 15.3 Å². The number of carbonyl (C=O) groups is 1. The Labute approximate surface area is 206 Å². The van der Waals surface area contributed by atoms with Gasteiger partial charge >= 0.3 is 5.63 Å². The predicted octanol–water partition coefficient (Wildman–Crippen LogP) is 3.13. The fourth-order valence-corrected chi connectivity index (χ4v) is 4.16. The van der Waals surface area contributed by atoms with Gasteiger partial charge in [-0.1, -0.05) is 12.1 Å². The Morgan fingerprint density at radius 3 is 2.50 bits per heavy atom. The number of hydrogen-bond acceptors (Lipinski definition) is 8. The van der Waals surface area contributed by atoms with Crippen molar-refractivity contribution in [2.24, 2.45) is 0 Å². The Bertz CT molecular complexity index is 1390. The van der Waals surface area contributed by atoms with E-state index in [0.717, 1.165) is 5.69 Å². The molecule has 1 unspecified atom stereocenters. The number of carbonyl (C=O) groups excluding carboxylic acids is 1. The second-order valence-electron chi connectivity index (χ2n) is 8.04. The molecule has 0 bridgehead atoms. The number of fused-ring (bicyclic) bond motifs is 1. The number of imidazole rings is 1. The van der Waals surface area contributed by atoms with Gasteiger partial charge in [0.25, 0.3) is 0 Å². The summed E-state index contributed by atoms with van der Waals surface area (Å²) in [5.74, 6) is -0.374. The highest BCUT2D eigenvalue weighted by Gasteiger charge is 2.29. The van der Waals surface area contributed by atoms with Gasteiger partial charge in [0.2, 0.25) is 11.7 Å². The van der Waals surface area contributed by atoms with Gasteiger partial charge in [0, 0.05) is 37.2 Å². The molecule has 0 aliphatic heterocycles. The molecule has 3 N–H and O–H groups in total. The van der Waals surface area contributed by atoms with Gasteiger partial charge in [-0.15, -0.1) is 0 Å². The molecule has 36 heavy (non-hydrogen) atoms. The van der Waals surface area contributed by atoms with E-state index in [9.17, 15) is 14.7 Å². The molecule has 2 aromatic heterocycles. The fraction of sp³-hybridized carbons (Fsp3) is 0.269. The van der Waals surface area contributed by atoms with Crippen molar-refractivity contribution in [3.63, 3.8) is 0 Å². The standard InChI is InChI=1S/C26H27N3O7/c1-33-20-10-15(11-21(34-2)25(20)35-3)18(12-22(30)28-9-8-16-13-27-14-29-16)23-24(31)17-6-4-5-7-19(17)36-26(23)32/h4-7,10-11,13-14,18,31H,8-9,12H2,1-3H3,(H,27,29)(H,28,30). The lowest BCUT2D eigenvalue weighted by Crippen LogP contribution is -2.28. The minimum Gasteiger partial charge on any atom is -0.507 e. The molecule has 4 aromatic rings. The second kappa shape index (κ2) is 10.9. The summed E-state index contributed by atoms with van der Waals surface area (Å²) in [5.41, 5.74) is 0.855. The predicted molar refractivity (Wildman–Crippen MR) is 132 cm³/mol. The van der Waals surface area contributed by atoms with E-state index in [1.165, 1.54) is 21.3 Å². The van der Waals surface area contributed by atoms with E-state index >= 15 is 0 Å². The van der Waals surface area contributed by atoms with E-state index in [1.54, 1.807) is 48.9 Å². The summed E-state index contributed by atoms with van der Waals surface area (Å²) in [6.07, 6.45) is 3.67. The van der Waals surface area contributed by atoms with E-state index in [1.807, 2.05) is 0 Å². The SMILES string of the molecule is COc1cc(C(CC(=O)NCCc2cnc[nH]2)c2c(O)c3ccccc3oc2=O)cc(OC)c1OC. The molecule has 1 atom stereocenters. The van der Waals surface area contributed by atoms with Crippen LogP contribution >= 0.6 is 0 Å². The molecular weight excluding hydrogens is 466 g/mol. The summed E-state index contributed by atoms with van der Waals surface area (Å²) in [6.45, 7) is 0.362. The first-order chi connectivity index (χ1) is 17.5. The zero-order valence-corrected chi connectivity index (χ0v) is 20.2. The molecule has 0 saturated carbocycles. The molecule has 0 aliphatic rings. The number of rotatable bonds is 10. The fourth-order valence-electron chi connectivity index (χ4n) is 4.16. The molecule has 10 heteroatoms. The third kappa shape index (κ3) is 4.97. The van der Waals surface area contributed by atoms with Crippen LogP contribution in [0.3, 0.4) is 0 Å². The first-order valence-electron chi connectivity index (χ1n) is 11.2. The minimum atomic E-state index is -0.869. The number of aromatic nitrogens is 2. The zero-order chi connectivity index (χ0) is 25.7. The van der Waals surface area contributed by atoms with Crippen molar-refractivity contribution in [3.8, 4) is 23.0 Å². The molecule has 1 amide bonds. The molecule has 2 aromatic carbocycles. The van der Waals surface area contributed by atoms with Crippen LogP contribution in [0.1, 0.15) is 29.2 Å². The summed E-state index contributed by atoms with van der Waals surface area (Å²) >= 11 is 0. The molecule has 0 fully saturated rings. The lowest BCUT2D eigenvalue weighted by molar-refractivity contribution is -0.121. The summed E-state index contributed by atoms with van der Waals surface area (Å²) in [5, 5.41) is 14.4. The van der Waals surface area contributed by atoms with Crippen molar-refractivity contribution in [1.29, 1.82) is 0 Å². The van der Waals surface area contributed by atoms with Crippen LogP contribution in [0.4, 0.5) is 0 Å². The van der Waals surface area contributed by atoms with Gasteiger partial charge in [-0.05, 0) is 29.8 Å². The van der Waals surface area contributed by atoms with Crippen LogP contribution in [0.5, 0.6) is 23.0 Å². The van der Waals surface area contributed by atoms with Gasteiger partial charge in [0.1, 0.15) is 11.3 Å². The van der Waals surface area contributed by atoms with Crippen molar-refractivity contribution in [2.45, 2.75) is 18.8 Å². The number of hydrogen-bond donors (Lipinski definition) is 3. The van der Waals surface area contributed by atoms with Crippen LogP contribution in [-0.2, 0) is 11.2 Å². The molecule has 2 heterocycles. The third-order valence-electron chi connectivity index (χ3n) is 5.92. The van der Waals surface area contributed by atoms with E-state index in [4.69, 9.17) is 18.6 Å². The zero-order valence-electron chi connectivity index (χ0n) is 20.2. The molecule has 0 aliphatic carbocycles. The Kier molecular flexibility index (Phi) is 7.43. The highest BCUT2D eigenvalue weighted by molar-refractivity contribution is 5.85. The number of amides is 1. The molecule has 10 nitrogen and oxygen atoms in total. The van der Waals surface area contributed by atoms with Crippen LogP contribution in [0.25, 0.3) is 11.0 Å². The number of benzene rings is 2. The van der Waals surface area contributed by atoms with E-state index in [-0.39, 0.29) is 29.2 Å². The monoisotopic (exact) mass is 493 g/mol. The van der Waals surface area contributed by atoms with E-state index < -0.39 is 11.5 Å². The summed E-state index contributed by atoms with van der Waals surface area (Å²) in [7, 11) is 4.43. The largest absolute Gasteiger partial charge is 0.507 e. The molecule has 4 rings (SSSR count). The maximum Gasteiger partial charge on any atom is 0.343 e. The van der Waals surface area contributed by atoms with Gasteiger partial charge in [-0.2, -0.15) is 0 Å². The maximum absolute atomic E-state index is 13.1. The Balaban J connectivity index is 1.77. The van der Waals surface area contributed by atoms with Crippen LogP contribution in [0.15, 0.2) is 58.1 Å². The van der Waals surface area contributed by atoms with E-state index in [0.29, 0.717) is 41.2 Å². The molecule has 0 spiro atoms. The number of aromatic amines is 1. The highest BCUT2D eigenvalue weighted by atomic mass is 16.5. The summed E-state index contributed by atoms with van der Waals surface area (Å²) in [6, 6.07) is 9.97. The van der Waals surface area contributed by atoms with Crippen LogP contribution in [0.2, 0.25) is 0 Å². The van der Waals surface area contributed by atoms with Crippen molar-refractivity contribution < 1.29 is 28.5 Å². The topological polar surface area (TPSA) is 136 Å². The van der Waals surface area contributed by atoms with Gasteiger partial charge in [0.05, 0.1) is 38.6 Å². The van der Waals surface area contributed by atoms with Crippen LogP contribution in [0, 0.1) is 0 Å². The number of H-pyrrole nitrogens is 1. The lowest BCUT2D eigenvalue weighted by Gasteiger charge is -2.21. The molecular formula is C26H27N3O7. The van der Waals surface area contributed by atoms with Crippen LogP contribution in [-0.4, -0.2) is 48.9 Å². The molecule has 0 radical (unpaired) electrons. The lowest BCUT2D eigenvalue weighted by atomic mass is 9.87. The van der Waals surface area contributed by atoms with Crippen molar-refractivity contribution in [2.75, 3.05) is 27.9 Å². The number of methoxy groups -OCH3 is 3. The van der Waals surface area contributed by atoms with Gasteiger partial charge in [0.15, 0.2) is 11.5 Å². The first kappa shape index (κ1) is 24.6. The number of para-hydroxylation sites is 1. The Morgan fingerprint density at radius 1 is 1.14 bits per heavy atom. The number of aromatic hydroxyl groups is 1. The van der Waals surface area contributed by atoms with Crippen molar-refractivity contribution >= 4 is 16.9 Å². The Hall–Kier alpha value is -4.47. The maximum atomic E-state index is 13.1. The van der Waals surface area contributed by atoms with E-state index in [2.05, 4.69) is 15.3 Å². The first-order valence-corrected chi connectivity index (χ1v) is 11.2. The molecule has 0 saturated heterocycles. The average molecular weight is 494 g/mol. The molecule has 188 valence electrons. The third-order valence-corrected chi connectivity index (χ3v) is 5.92. The van der Waals surface area contributed by atoms with Crippen molar-refractivity contribution in [3.05, 3.63) is 76.2 Å². The average Bonchev–Trinajstić information content (AvgIpc) is 3.40. The van der Waals surface area contributed by atoms with Gasteiger partial charge in [-0.25, -0.2) is 9.78 Å². The quantitative estimate of drug-likeness (QED) is 0.287. The van der Waals surface area contributed by atoms with Gasteiger partial charge < -0.3 is 34.0 Å². The smallest absolute Gasteiger partial charge is 0.343 e. The Morgan fingerprint density at radius 2 is 1.86 bits per heavy atom. The summed E-state index contributed by atoms with van der Waals surface area (Å²) < 4.78 is 21.8. The number of ether oxygens (including phenoxy) is 3. The number of nitrogens with zero attached hydrogens (tertiary/aromatic N) is 1.